The van der Waals surface area contributed by atoms with E-state index >= 15 is 0 Å². The Morgan fingerprint density at radius 3 is 2.45 bits per heavy atom. The molecule has 2 heteroatoms. The molecule has 1 N–H and O–H groups in total. The van der Waals surface area contributed by atoms with E-state index in [0.717, 1.165) is 35.8 Å². The molecule has 22 heavy (non-hydrogen) atoms. The summed E-state index contributed by atoms with van der Waals surface area (Å²) in [4.78, 5) is 10.7. The summed E-state index contributed by atoms with van der Waals surface area (Å²) in [6.45, 7) is 2.19. The Labute approximate surface area is 132 Å². The van der Waals surface area contributed by atoms with Crippen LogP contribution in [0.3, 0.4) is 0 Å². The molecule has 2 nitrogen and oxygen atoms in total. The number of hydrogen-bond donors (Lipinski definition) is 1. The van der Waals surface area contributed by atoms with Crippen LogP contribution in [0.25, 0.3) is 11.1 Å². The second-order valence-corrected chi connectivity index (χ2v) is 5.73. The Bertz CT molecular complexity index is 587. The van der Waals surface area contributed by atoms with Crippen LogP contribution >= 0.6 is 0 Å². The summed E-state index contributed by atoms with van der Waals surface area (Å²) in [5.74, 6) is 0. The van der Waals surface area contributed by atoms with Gasteiger partial charge in [-0.2, -0.15) is 0 Å². The molecule has 0 radical (unpaired) electrons. The van der Waals surface area contributed by atoms with Crippen molar-refractivity contribution in [2.75, 3.05) is 0 Å². The monoisotopic (exact) mass is 296 g/mol. The standard InChI is InChI=1S/C20H24O2/c1-2-3-4-5-9-20(22)19-8-6-7-18(14-19)17-12-10-16(15-21)11-13-17/h6-8,10-15,20,22H,2-5,9H2,1H3. The van der Waals surface area contributed by atoms with Crippen molar-refractivity contribution in [1.29, 1.82) is 0 Å². The van der Waals surface area contributed by atoms with Crippen LogP contribution in [0.1, 0.15) is 61.1 Å². The molecule has 0 aliphatic carbocycles. The van der Waals surface area contributed by atoms with Gasteiger partial charge in [-0.25, -0.2) is 0 Å². The van der Waals surface area contributed by atoms with E-state index in [1.54, 1.807) is 0 Å². The molecule has 2 aromatic carbocycles. The molecule has 0 aromatic heterocycles. The second-order valence-electron chi connectivity index (χ2n) is 5.73. The molecule has 0 aliphatic heterocycles. The molecule has 0 aliphatic rings. The number of aliphatic hydroxyl groups is 1. The Kier molecular flexibility index (Phi) is 6.35. The van der Waals surface area contributed by atoms with Crippen molar-refractivity contribution in [2.24, 2.45) is 0 Å². The zero-order valence-corrected chi connectivity index (χ0v) is 13.2. The first-order valence-corrected chi connectivity index (χ1v) is 8.08. The lowest BCUT2D eigenvalue weighted by molar-refractivity contribution is 0.112. The normalized spacial score (nSPS) is 12.1. The van der Waals surface area contributed by atoms with E-state index in [1.165, 1.54) is 19.3 Å². The van der Waals surface area contributed by atoms with E-state index in [4.69, 9.17) is 0 Å². The zero-order valence-electron chi connectivity index (χ0n) is 13.2. The summed E-state index contributed by atoms with van der Waals surface area (Å²) >= 11 is 0. The van der Waals surface area contributed by atoms with Gasteiger partial charge in [0.2, 0.25) is 0 Å². The fraction of sp³-hybridized carbons (Fsp3) is 0.350. The summed E-state index contributed by atoms with van der Waals surface area (Å²) in [6, 6.07) is 15.5. The maximum absolute atomic E-state index is 10.7. The summed E-state index contributed by atoms with van der Waals surface area (Å²) in [5.41, 5.74) is 3.78. The van der Waals surface area contributed by atoms with Gasteiger partial charge in [0.05, 0.1) is 6.10 Å². The van der Waals surface area contributed by atoms with Crippen molar-refractivity contribution >= 4 is 6.29 Å². The number of rotatable bonds is 8. The van der Waals surface area contributed by atoms with Crippen LogP contribution in [0.2, 0.25) is 0 Å². The van der Waals surface area contributed by atoms with Gasteiger partial charge in [-0.3, -0.25) is 4.79 Å². The third-order valence-corrected chi connectivity index (χ3v) is 3.98. The highest BCUT2D eigenvalue weighted by Gasteiger charge is 2.08. The lowest BCUT2D eigenvalue weighted by Crippen LogP contribution is -1.97. The quantitative estimate of drug-likeness (QED) is 0.539. The van der Waals surface area contributed by atoms with Gasteiger partial charge in [-0.05, 0) is 29.2 Å². The molecular formula is C20H24O2. The maximum atomic E-state index is 10.7. The number of hydrogen-bond acceptors (Lipinski definition) is 2. The second kappa shape index (κ2) is 8.50. The van der Waals surface area contributed by atoms with Gasteiger partial charge in [-0.1, -0.05) is 75.1 Å². The highest BCUT2D eigenvalue weighted by atomic mass is 16.3. The minimum Gasteiger partial charge on any atom is -0.388 e. The lowest BCUT2D eigenvalue weighted by Gasteiger charge is -2.12. The number of unbranched alkanes of at least 4 members (excludes halogenated alkanes) is 3. The number of aldehydes is 1. The molecule has 1 unspecified atom stereocenters. The van der Waals surface area contributed by atoms with Crippen LogP contribution in [0.5, 0.6) is 0 Å². The first kappa shape index (κ1) is 16.4. The predicted molar refractivity (Wildman–Crippen MR) is 91.0 cm³/mol. The highest BCUT2D eigenvalue weighted by molar-refractivity contribution is 5.77. The lowest BCUT2D eigenvalue weighted by atomic mass is 9.97. The Morgan fingerprint density at radius 2 is 1.77 bits per heavy atom. The van der Waals surface area contributed by atoms with Gasteiger partial charge >= 0.3 is 0 Å². The molecule has 0 fully saturated rings. The highest BCUT2D eigenvalue weighted by Crippen LogP contribution is 2.26. The molecule has 2 aromatic rings. The molecule has 0 amide bonds. The van der Waals surface area contributed by atoms with Crippen LogP contribution in [0, 0.1) is 0 Å². The molecule has 0 spiro atoms. The zero-order chi connectivity index (χ0) is 15.8. The first-order valence-electron chi connectivity index (χ1n) is 8.08. The number of carbonyl (C=O) groups is 1. The van der Waals surface area contributed by atoms with Gasteiger partial charge in [0.1, 0.15) is 6.29 Å². The Morgan fingerprint density at radius 1 is 1.00 bits per heavy atom. The summed E-state index contributed by atoms with van der Waals surface area (Å²) in [7, 11) is 0. The molecule has 0 saturated carbocycles. The molecule has 0 saturated heterocycles. The van der Waals surface area contributed by atoms with Gasteiger partial charge in [-0.15, -0.1) is 0 Å². The van der Waals surface area contributed by atoms with E-state index < -0.39 is 6.10 Å². The third-order valence-electron chi connectivity index (χ3n) is 3.98. The van der Waals surface area contributed by atoms with Crippen molar-refractivity contribution in [3.8, 4) is 11.1 Å². The Balaban J connectivity index is 2.06. The molecule has 0 bridgehead atoms. The predicted octanol–water partition coefficient (Wildman–Crippen LogP) is 5.17. The van der Waals surface area contributed by atoms with Crippen LogP contribution in [-0.4, -0.2) is 11.4 Å². The van der Waals surface area contributed by atoms with Crippen molar-refractivity contribution in [2.45, 2.75) is 45.1 Å². The number of carbonyl (C=O) groups excluding carboxylic acids is 1. The van der Waals surface area contributed by atoms with E-state index in [9.17, 15) is 9.90 Å². The van der Waals surface area contributed by atoms with Gasteiger partial charge in [0, 0.05) is 5.56 Å². The molecular weight excluding hydrogens is 272 g/mol. The fourth-order valence-corrected chi connectivity index (χ4v) is 2.61. The van der Waals surface area contributed by atoms with E-state index in [0.29, 0.717) is 5.56 Å². The van der Waals surface area contributed by atoms with Crippen LogP contribution in [0.15, 0.2) is 48.5 Å². The van der Waals surface area contributed by atoms with Crippen molar-refractivity contribution in [3.63, 3.8) is 0 Å². The van der Waals surface area contributed by atoms with Gasteiger partial charge in [0.15, 0.2) is 0 Å². The SMILES string of the molecule is CCCCCCC(O)c1cccc(-c2ccc(C=O)cc2)c1. The van der Waals surface area contributed by atoms with E-state index in [1.807, 2.05) is 48.5 Å². The average molecular weight is 296 g/mol. The van der Waals surface area contributed by atoms with Crippen LogP contribution in [-0.2, 0) is 0 Å². The smallest absolute Gasteiger partial charge is 0.150 e. The topological polar surface area (TPSA) is 37.3 Å². The van der Waals surface area contributed by atoms with Crippen molar-refractivity contribution in [3.05, 3.63) is 59.7 Å². The minimum atomic E-state index is -0.397. The molecule has 0 heterocycles. The van der Waals surface area contributed by atoms with Crippen LogP contribution in [0.4, 0.5) is 0 Å². The maximum Gasteiger partial charge on any atom is 0.150 e. The minimum absolute atomic E-state index is 0.397. The number of aliphatic hydroxyl groups excluding tert-OH is 1. The van der Waals surface area contributed by atoms with E-state index in [2.05, 4.69) is 6.92 Å². The van der Waals surface area contributed by atoms with E-state index in [-0.39, 0.29) is 0 Å². The fourth-order valence-electron chi connectivity index (χ4n) is 2.61. The summed E-state index contributed by atoms with van der Waals surface area (Å²) in [6.07, 6.45) is 5.95. The third kappa shape index (κ3) is 4.54. The number of benzene rings is 2. The first-order chi connectivity index (χ1) is 10.7. The van der Waals surface area contributed by atoms with Gasteiger partial charge in [0.25, 0.3) is 0 Å². The molecule has 1 atom stereocenters. The summed E-state index contributed by atoms with van der Waals surface area (Å²) in [5, 5.41) is 10.3. The van der Waals surface area contributed by atoms with Crippen molar-refractivity contribution in [1.82, 2.24) is 0 Å². The van der Waals surface area contributed by atoms with Crippen LogP contribution < -0.4 is 0 Å². The molecule has 116 valence electrons. The average Bonchev–Trinajstić information content (AvgIpc) is 2.59. The van der Waals surface area contributed by atoms with Crippen molar-refractivity contribution < 1.29 is 9.90 Å². The summed E-state index contributed by atoms with van der Waals surface area (Å²) < 4.78 is 0. The Hall–Kier alpha value is -1.93. The van der Waals surface area contributed by atoms with Gasteiger partial charge < -0.3 is 5.11 Å². The molecule has 2 rings (SSSR count). The largest absolute Gasteiger partial charge is 0.388 e.